The summed E-state index contributed by atoms with van der Waals surface area (Å²) in [6, 6.07) is 9.46. The molecule has 3 heterocycles. The van der Waals surface area contributed by atoms with E-state index >= 15 is 0 Å². The van der Waals surface area contributed by atoms with Crippen molar-refractivity contribution in [3.8, 4) is 0 Å². The normalized spacial score (nSPS) is 15.5. The number of hydrogen-bond donors (Lipinski definition) is 1. The summed E-state index contributed by atoms with van der Waals surface area (Å²) in [5.41, 5.74) is 1.64. The number of thioether (sulfide) groups is 1. The summed E-state index contributed by atoms with van der Waals surface area (Å²) in [5.74, 6) is 0.735. The fourth-order valence-electron chi connectivity index (χ4n) is 4.70. The van der Waals surface area contributed by atoms with Gasteiger partial charge in [-0.1, -0.05) is 46.8 Å². The zero-order valence-electron chi connectivity index (χ0n) is 22.2. The molecular weight excluding hydrogens is 511 g/mol. The molecule has 1 N–H and O–H groups in total. The molecule has 0 radical (unpaired) electrons. The quantitative estimate of drug-likeness (QED) is 0.339. The van der Waals surface area contributed by atoms with Crippen LogP contribution >= 0.6 is 11.8 Å². The number of hydrogen-bond acceptors (Lipinski definition) is 6. The van der Waals surface area contributed by atoms with E-state index in [1.54, 1.807) is 29.7 Å². The van der Waals surface area contributed by atoms with E-state index in [0.717, 1.165) is 22.6 Å². The molecule has 1 unspecified atom stereocenters. The smallest absolute Gasteiger partial charge is 0.348 e. The molecule has 4 rings (SSSR count). The third-order valence-electron chi connectivity index (χ3n) is 6.44. The lowest BCUT2D eigenvalue weighted by Gasteiger charge is -2.35. The van der Waals surface area contributed by atoms with Gasteiger partial charge in [0.15, 0.2) is 5.69 Å². The van der Waals surface area contributed by atoms with Gasteiger partial charge < -0.3 is 10.2 Å². The Hall–Kier alpha value is -3.14. The van der Waals surface area contributed by atoms with Gasteiger partial charge in [-0.3, -0.25) is 9.78 Å². The van der Waals surface area contributed by atoms with Crippen molar-refractivity contribution >= 4 is 23.6 Å². The highest BCUT2D eigenvalue weighted by Gasteiger charge is 2.43. The predicted octanol–water partition coefficient (Wildman–Crippen LogP) is 6.60. The van der Waals surface area contributed by atoms with Gasteiger partial charge in [0.2, 0.25) is 5.95 Å². The van der Waals surface area contributed by atoms with Gasteiger partial charge >= 0.3 is 6.18 Å². The van der Waals surface area contributed by atoms with Crippen LogP contribution in [0.1, 0.15) is 79.1 Å². The molecule has 1 aliphatic heterocycles. The number of amides is 1. The standard InChI is InChI=1S/C28H32F3N5OS/c1-6-18-14-34-26(35-23(18)28(29,30)31)36-16-20-12-19(15-32-22(20)24(36)27(3,4)5)25(37)33-13-17-8-10-21(11-9-17)38-7-2/h8-12,14-15,24H,6-7,13,16H2,1-5H3,(H,33,37). The SMILES string of the molecule is CCSc1ccc(CNC(=O)c2cnc3c(c2)CN(c2ncc(CC)c(C(F)(F)F)n2)C3C(C)(C)C)cc1. The van der Waals surface area contributed by atoms with Gasteiger partial charge in [-0.25, -0.2) is 9.97 Å². The van der Waals surface area contributed by atoms with E-state index in [-0.39, 0.29) is 41.8 Å². The molecule has 1 atom stereocenters. The van der Waals surface area contributed by atoms with Gasteiger partial charge in [0.25, 0.3) is 5.91 Å². The van der Waals surface area contributed by atoms with Crippen LogP contribution in [0.5, 0.6) is 0 Å². The largest absolute Gasteiger partial charge is 0.433 e. The molecule has 0 aliphatic carbocycles. The first-order valence-corrected chi connectivity index (χ1v) is 13.6. The van der Waals surface area contributed by atoms with Crippen LogP contribution in [0.25, 0.3) is 0 Å². The summed E-state index contributed by atoms with van der Waals surface area (Å²) in [6.45, 7) is 10.4. The number of carbonyl (C=O) groups is 1. The topological polar surface area (TPSA) is 71.0 Å². The van der Waals surface area contributed by atoms with Crippen LogP contribution in [0.3, 0.4) is 0 Å². The maximum atomic E-state index is 13.7. The van der Waals surface area contributed by atoms with Crippen molar-refractivity contribution in [3.05, 3.63) is 76.4 Å². The number of alkyl halides is 3. The van der Waals surface area contributed by atoms with Crippen LogP contribution in [-0.2, 0) is 25.7 Å². The fraction of sp³-hybridized carbons (Fsp3) is 0.429. The minimum Gasteiger partial charge on any atom is -0.348 e. The molecule has 38 heavy (non-hydrogen) atoms. The predicted molar refractivity (Wildman–Crippen MR) is 143 cm³/mol. The second-order valence-corrected chi connectivity index (χ2v) is 11.7. The number of nitrogens with zero attached hydrogens (tertiary/aromatic N) is 4. The number of benzene rings is 1. The Morgan fingerprint density at radius 2 is 1.82 bits per heavy atom. The van der Waals surface area contributed by atoms with Gasteiger partial charge in [-0.15, -0.1) is 11.8 Å². The average molecular weight is 544 g/mol. The molecule has 1 aromatic carbocycles. The van der Waals surface area contributed by atoms with Crippen LogP contribution in [0, 0.1) is 5.41 Å². The van der Waals surface area contributed by atoms with Gasteiger partial charge in [0, 0.05) is 35.9 Å². The van der Waals surface area contributed by atoms with E-state index in [1.807, 2.05) is 45.0 Å². The number of rotatable bonds is 7. The fourth-order valence-corrected chi connectivity index (χ4v) is 5.36. The molecule has 2 aromatic heterocycles. The summed E-state index contributed by atoms with van der Waals surface area (Å²) in [7, 11) is 0. The molecule has 10 heteroatoms. The third-order valence-corrected chi connectivity index (χ3v) is 7.34. The summed E-state index contributed by atoms with van der Waals surface area (Å²) in [5, 5.41) is 2.93. The second kappa shape index (κ2) is 10.9. The molecule has 3 aromatic rings. The molecule has 1 amide bonds. The van der Waals surface area contributed by atoms with Crippen LogP contribution in [0.2, 0.25) is 0 Å². The Balaban J connectivity index is 1.58. The van der Waals surface area contributed by atoms with E-state index in [2.05, 4.69) is 27.2 Å². The summed E-state index contributed by atoms with van der Waals surface area (Å²) < 4.78 is 41.2. The van der Waals surface area contributed by atoms with Crippen LogP contribution in [0.4, 0.5) is 19.1 Å². The molecule has 1 aliphatic rings. The molecule has 0 bridgehead atoms. The number of halogens is 3. The highest BCUT2D eigenvalue weighted by atomic mass is 32.2. The first kappa shape index (κ1) is 27.9. The number of aryl methyl sites for hydroxylation is 1. The van der Waals surface area contributed by atoms with Crippen molar-refractivity contribution in [2.24, 2.45) is 5.41 Å². The monoisotopic (exact) mass is 543 g/mol. The molecule has 6 nitrogen and oxygen atoms in total. The Morgan fingerprint density at radius 1 is 1.11 bits per heavy atom. The van der Waals surface area contributed by atoms with Gasteiger partial charge in [-0.2, -0.15) is 13.2 Å². The average Bonchev–Trinajstić information content (AvgIpc) is 3.27. The van der Waals surface area contributed by atoms with E-state index in [1.165, 1.54) is 17.3 Å². The van der Waals surface area contributed by atoms with E-state index in [0.29, 0.717) is 12.1 Å². The zero-order valence-corrected chi connectivity index (χ0v) is 23.0. The van der Waals surface area contributed by atoms with Crippen molar-refractivity contribution in [1.82, 2.24) is 20.3 Å². The minimum absolute atomic E-state index is 0.00290. The molecule has 202 valence electrons. The minimum atomic E-state index is -4.58. The van der Waals surface area contributed by atoms with Crippen LogP contribution < -0.4 is 10.2 Å². The van der Waals surface area contributed by atoms with E-state index in [9.17, 15) is 18.0 Å². The number of fused-ring (bicyclic) bond motifs is 1. The third kappa shape index (κ3) is 5.95. The number of pyridine rings is 1. The van der Waals surface area contributed by atoms with Gasteiger partial charge in [0.1, 0.15) is 0 Å². The van der Waals surface area contributed by atoms with Crippen molar-refractivity contribution < 1.29 is 18.0 Å². The van der Waals surface area contributed by atoms with Gasteiger partial charge in [-0.05, 0) is 46.9 Å². The summed E-state index contributed by atoms with van der Waals surface area (Å²) in [6.07, 6.45) is -1.61. The maximum Gasteiger partial charge on any atom is 0.433 e. The highest BCUT2D eigenvalue weighted by molar-refractivity contribution is 7.99. The Labute approximate surface area is 225 Å². The van der Waals surface area contributed by atoms with E-state index in [4.69, 9.17) is 0 Å². The van der Waals surface area contributed by atoms with Crippen LogP contribution in [0.15, 0.2) is 47.6 Å². The van der Waals surface area contributed by atoms with Crippen LogP contribution in [-0.4, -0.2) is 26.6 Å². The number of carbonyl (C=O) groups excluding carboxylic acids is 1. The maximum absolute atomic E-state index is 13.7. The van der Waals surface area contributed by atoms with Gasteiger partial charge in [0.05, 0.1) is 17.3 Å². The molecule has 0 spiro atoms. The Bertz CT molecular complexity index is 1310. The highest BCUT2D eigenvalue weighted by Crippen LogP contribution is 2.46. The first-order valence-electron chi connectivity index (χ1n) is 12.6. The lowest BCUT2D eigenvalue weighted by Crippen LogP contribution is -2.33. The lowest BCUT2D eigenvalue weighted by molar-refractivity contribution is -0.141. The Morgan fingerprint density at radius 3 is 2.42 bits per heavy atom. The first-order chi connectivity index (χ1) is 17.9. The van der Waals surface area contributed by atoms with Crippen molar-refractivity contribution in [2.45, 2.75) is 71.2 Å². The number of aromatic nitrogens is 3. The molecule has 0 saturated heterocycles. The number of anilines is 1. The summed E-state index contributed by atoms with van der Waals surface area (Å²) in [4.78, 5) is 28.7. The molecule has 0 saturated carbocycles. The van der Waals surface area contributed by atoms with Crippen molar-refractivity contribution in [2.75, 3.05) is 10.7 Å². The lowest BCUT2D eigenvalue weighted by atomic mass is 9.84. The number of nitrogens with one attached hydrogen (secondary N) is 1. The molecule has 0 fully saturated rings. The Kier molecular flexibility index (Phi) is 8.01. The van der Waals surface area contributed by atoms with Crippen molar-refractivity contribution in [1.29, 1.82) is 0 Å². The summed E-state index contributed by atoms with van der Waals surface area (Å²) >= 11 is 1.76. The second-order valence-electron chi connectivity index (χ2n) is 10.3. The molecular formula is C28H32F3N5OS. The van der Waals surface area contributed by atoms with E-state index < -0.39 is 11.9 Å². The zero-order chi connectivity index (χ0) is 27.7. The van der Waals surface area contributed by atoms with Crippen molar-refractivity contribution in [3.63, 3.8) is 0 Å².